The third-order valence-corrected chi connectivity index (χ3v) is 3.63. The van der Waals surface area contributed by atoms with Gasteiger partial charge in [0.2, 0.25) is 0 Å². The minimum Gasteiger partial charge on any atom is -0.398 e. The summed E-state index contributed by atoms with van der Waals surface area (Å²) in [5.74, 6) is -0.113. The minimum atomic E-state index is -0.113. The number of hydrogen-bond donors (Lipinski definition) is 2. The highest BCUT2D eigenvalue weighted by molar-refractivity contribution is 5.96. The summed E-state index contributed by atoms with van der Waals surface area (Å²) in [6.07, 6.45) is 1.77. The SMILES string of the molecule is Cc1cc(C)c(C(=O)NCc2cnn(C)c2C)cc1N. The number of aromatic nitrogens is 2. The number of nitrogens with one attached hydrogen (secondary N) is 1. The largest absolute Gasteiger partial charge is 0.398 e. The quantitative estimate of drug-likeness (QED) is 0.838. The first-order valence-corrected chi connectivity index (χ1v) is 6.52. The fourth-order valence-electron chi connectivity index (χ4n) is 2.10. The van der Waals surface area contributed by atoms with Crippen molar-refractivity contribution in [1.82, 2.24) is 15.1 Å². The highest BCUT2D eigenvalue weighted by Crippen LogP contribution is 2.18. The normalized spacial score (nSPS) is 10.6. The molecule has 2 aromatic rings. The van der Waals surface area contributed by atoms with Crippen LogP contribution in [0.5, 0.6) is 0 Å². The molecule has 0 fully saturated rings. The van der Waals surface area contributed by atoms with Gasteiger partial charge in [0.1, 0.15) is 0 Å². The lowest BCUT2D eigenvalue weighted by Gasteiger charge is -2.10. The minimum absolute atomic E-state index is 0.113. The summed E-state index contributed by atoms with van der Waals surface area (Å²) in [7, 11) is 1.88. The van der Waals surface area contributed by atoms with E-state index in [4.69, 9.17) is 5.73 Å². The van der Waals surface area contributed by atoms with E-state index in [-0.39, 0.29) is 5.91 Å². The number of carbonyl (C=O) groups is 1. The molecule has 0 bridgehead atoms. The van der Waals surface area contributed by atoms with Crippen LogP contribution in [0.4, 0.5) is 5.69 Å². The van der Waals surface area contributed by atoms with Crippen LogP contribution in [0.3, 0.4) is 0 Å². The number of anilines is 1. The molecule has 0 aliphatic rings. The molecular weight excluding hydrogens is 252 g/mol. The van der Waals surface area contributed by atoms with Crippen molar-refractivity contribution in [2.75, 3.05) is 5.73 Å². The first-order chi connectivity index (χ1) is 9.40. The maximum absolute atomic E-state index is 12.2. The Morgan fingerprint density at radius 2 is 2.00 bits per heavy atom. The summed E-state index contributed by atoms with van der Waals surface area (Å²) in [6.45, 7) is 6.29. The smallest absolute Gasteiger partial charge is 0.251 e. The van der Waals surface area contributed by atoms with Crippen molar-refractivity contribution >= 4 is 11.6 Å². The summed E-state index contributed by atoms with van der Waals surface area (Å²) in [6, 6.07) is 3.66. The third-order valence-electron chi connectivity index (χ3n) is 3.63. The van der Waals surface area contributed by atoms with Crippen molar-refractivity contribution in [3.8, 4) is 0 Å². The predicted molar refractivity (Wildman–Crippen MR) is 79.4 cm³/mol. The number of hydrogen-bond acceptors (Lipinski definition) is 3. The fourth-order valence-corrected chi connectivity index (χ4v) is 2.10. The number of nitrogen functional groups attached to an aromatic ring is 1. The van der Waals surface area contributed by atoms with Gasteiger partial charge in [-0.05, 0) is 38.0 Å². The maximum atomic E-state index is 12.2. The van der Waals surface area contributed by atoms with Gasteiger partial charge < -0.3 is 11.1 Å². The molecule has 0 saturated carbocycles. The molecule has 1 heterocycles. The average molecular weight is 272 g/mol. The standard InChI is InChI=1S/C15H20N4O/c1-9-5-10(2)14(16)6-13(9)15(20)17-7-12-8-18-19(4)11(12)3/h5-6,8H,7,16H2,1-4H3,(H,17,20). The Bertz CT molecular complexity index is 658. The van der Waals surface area contributed by atoms with Crippen LogP contribution in [0, 0.1) is 20.8 Å². The molecule has 1 aromatic heterocycles. The fraction of sp³-hybridized carbons (Fsp3) is 0.333. The van der Waals surface area contributed by atoms with Gasteiger partial charge in [0, 0.05) is 36.1 Å². The molecule has 2 rings (SSSR count). The van der Waals surface area contributed by atoms with Gasteiger partial charge in [-0.25, -0.2) is 0 Å². The van der Waals surface area contributed by atoms with Crippen molar-refractivity contribution in [2.45, 2.75) is 27.3 Å². The Kier molecular flexibility index (Phi) is 3.79. The molecule has 5 heteroatoms. The zero-order valence-corrected chi connectivity index (χ0v) is 12.3. The van der Waals surface area contributed by atoms with Gasteiger partial charge in [-0.3, -0.25) is 9.48 Å². The van der Waals surface area contributed by atoms with Crippen molar-refractivity contribution < 1.29 is 4.79 Å². The van der Waals surface area contributed by atoms with Gasteiger partial charge in [-0.15, -0.1) is 0 Å². The predicted octanol–water partition coefficient (Wildman–Crippen LogP) is 1.86. The van der Waals surface area contributed by atoms with Crippen molar-refractivity contribution in [3.63, 3.8) is 0 Å². The van der Waals surface area contributed by atoms with Gasteiger partial charge in [-0.2, -0.15) is 5.10 Å². The molecule has 1 amide bonds. The molecule has 1 aromatic carbocycles. The molecule has 0 saturated heterocycles. The van der Waals surface area contributed by atoms with Crippen LogP contribution >= 0.6 is 0 Å². The van der Waals surface area contributed by atoms with Gasteiger partial charge >= 0.3 is 0 Å². The molecule has 5 nitrogen and oxygen atoms in total. The summed E-state index contributed by atoms with van der Waals surface area (Å²) < 4.78 is 1.79. The van der Waals surface area contributed by atoms with Crippen LogP contribution < -0.4 is 11.1 Å². The first-order valence-electron chi connectivity index (χ1n) is 6.52. The highest BCUT2D eigenvalue weighted by atomic mass is 16.1. The number of nitrogens with two attached hydrogens (primary N) is 1. The van der Waals surface area contributed by atoms with Crippen molar-refractivity contribution in [1.29, 1.82) is 0 Å². The van der Waals surface area contributed by atoms with E-state index in [1.54, 1.807) is 16.9 Å². The molecular formula is C15H20N4O. The van der Waals surface area contributed by atoms with Gasteiger partial charge in [0.25, 0.3) is 5.91 Å². The van der Waals surface area contributed by atoms with Gasteiger partial charge in [0.15, 0.2) is 0 Å². The van der Waals surface area contributed by atoms with Gasteiger partial charge in [-0.1, -0.05) is 6.07 Å². The van der Waals surface area contributed by atoms with Crippen LogP contribution in [0.15, 0.2) is 18.3 Å². The molecule has 3 N–H and O–H groups in total. The maximum Gasteiger partial charge on any atom is 0.251 e. The van der Waals surface area contributed by atoms with Gasteiger partial charge in [0.05, 0.1) is 6.20 Å². The van der Waals surface area contributed by atoms with Crippen LogP contribution in [-0.4, -0.2) is 15.7 Å². The zero-order valence-electron chi connectivity index (χ0n) is 12.3. The summed E-state index contributed by atoms with van der Waals surface area (Å²) in [5, 5.41) is 7.06. The molecule has 0 radical (unpaired) electrons. The Morgan fingerprint density at radius 3 is 2.60 bits per heavy atom. The lowest BCUT2D eigenvalue weighted by Crippen LogP contribution is -2.24. The van der Waals surface area contributed by atoms with E-state index in [1.165, 1.54) is 0 Å². The molecule has 20 heavy (non-hydrogen) atoms. The van der Waals surface area contributed by atoms with E-state index in [1.807, 2.05) is 33.9 Å². The molecule has 106 valence electrons. The van der Waals surface area contributed by atoms with E-state index in [9.17, 15) is 4.79 Å². The van der Waals surface area contributed by atoms with Crippen LogP contribution in [0.2, 0.25) is 0 Å². The number of carbonyl (C=O) groups excluding carboxylic acids is 1. The van der Waals surface area contributed by atoms with E-state index in [0.29, 0.717) is 17.8 Å². The Morgan fingerprint density at radius 1 is 1.30 bits per heavy atom. The molecule has 0 aliphatic heterocycles. The van der Waals surface area contributed by atoms with E-state index < -0.39 is 0 Å². The zero-order chi connectivity index (χ0) is 14.9. The van der Waals surface area contributed by atoms with Crippen LogP contribution in [-0.2, 0) is 13.6 Å². The molecule has 0 atom stereocenters. The Labute approximate surface area is 118 Å². The molecule has 0 aliphatic carbocycles. The number of amides is 1. The number of rotatable bonds is 3. The lowest BCUT2D eigenvalue weighted by atomic mass is 10.0. The summed E-state index contributed by atoms with van der Waals surface area (Å²) in [4.78, 5) is 12.2. The second-order valence-corrected chi connectivity index (χ2v) is 5.09. The average Bonchev–Trinajstić information content (AvgIpc) is 2.71. The van der Waals surface area contributed by atoms with E-state index >= 15 is 0 Å². The topological polar surface area (TPSA) is 72.9 Å². The summed E-state index contributed by atoms with van der Waals surface area (Å²) >= 11 is 0. The molecule has 0 spiro atoms. The number of aryl methyl sites for hydroxylation is 3. The molecule has 0 unspecified atom stereocenters. The summed E-state index contributed by atoms with van der Waals surface area (Å²) in [5.41, 5.74) is 11.1. The third kappa shape index (κ3) is 2.66. The monoisotopic (exact) mass is 272 g/mol. The number of benzene rings is 1. The van der Waals surface area contributed by atoms with Crippen molar-refractivity contribution in [3.05, 3.63) is 46.3 Å². The van der Waals surface area contributed by atoms with Crippen LogP contribution in [0.1, 0.15) is 32.7 Å². The van der Waals surface area contributed by atoms with E-state index in [2.05, 4.69) is 10.4 Å². The van der Waals surface area contributed by atoms with Crippen molar-refractivity contribution in [2.24, 2.45) is 7.05 Å². The second kappa shape index (κ2) is 5.36. The Balaban J connectivity index is 2.13. The van der Waals surface area contributed by atoms with E-state index in [0.717, 1.165) is 22.4 Å². The van der Waals surface area contributed by atoms with Crippen LogP contribution in [0.25, 0.3) is 0 Å². The highest BCUT2D eigenvalue weighted by Gasteiger charge is 2.12. The number of nitrogens with zero attached hydrogens (tertiary/aromatic N) is 2. The second-order valence-electron chi connectivity index (χ2n) is 5.09. The lowest BCUT2D eigenvalue weighted by molar-refractivity contribution is 0.0950. The first kappa shape index (κ1) is 14.1. The Hall–Kier alpha value is -2.30.